The minimum absolute atomic E-state index is 0.0861. The number of allylic oxidation sites excluding steroid dienone is 1. The number of benzene rings is 2. The molecule has 0 aliphatic carbocycles. The summed E-state index contributed by atoms with van der Waals surface area (Å²) in [5.41, 5.74) is 2.09. The molecule has 0 bridgehead atoms. The van der Waals surface area contributed by atoms with Crippen LogP contribution >= 0.6 is 11.8 Å². The lowest BCUT2D eigenvalue weighted by molar-refractivity contribution is -0.129. The van der Waals surface area contributed by atoms with Gasteiger partial charge in [0.05, 0.1) is 50.5 Å². The summed E-state index contributed by atoms with van der Waals surface area (Å²) >= 11 is 1.42. The zero-order chi connectivity index (χ0) is 22.8. The maximum Gasteiger partial charge on any atom is 0.229 e. The number of carbonyl (C=O) groups excluding carboxylic acids is 1. The Morgan fingerprint density at radius 1 is 1.09 bits per heavy atom. The Balaban J connectivity index is 1.70. The average Bonchev–Trinajstić information content (AvgIpc) is 2.83. The van der Waals surface area contributed by atoms with Crippen molar-refractivity contribution < 1.29 is 23.4 Å². The second-order valence-electron chi connectivity index (χ2n) is 7.30. The molecule has 0 aromatic heterocycles. The zero-order valence-electron chi connectivity index (χ0n) is 17.9. The Morgan fingerprint density at radius 2 is 1.75 bits per heavy atom. The third-order valence-corrected chi connectivity index (χ3v) is 6.73. The van der Waals surface area contributed by atoms with Gasteiger partial charge in [-0.3, -0.25) is 9.69 Å². The average molecular weight is 456 g/mol. The van der Waals surface area contributed by atoms with E-state index in [-0.39, 0.29) is 18.1 Å². The SMILES string of the molecule is COc1cc([C@H]2CC(=O)N3CN(c4ccc(F)cc4)CSC3=C2C#N)cc(OC)c1OC. The number of ether oxygens (including phenoxy) is 3. The van der Waals surface area contributed by atoms with Crippen molar-refractivity contribution in [1.29, 1.82) is 5.26 Å². The van der Waals surface area contributed by atoms with E-state index in [9.17, 15) is 14.4 Å². The molecule has 1 saturated heterocycles. The number of hydrogen-bond donors (Lipinski definition) is 0. The minimum Gasteiger partial charge on any atom is -0.493 e. The number of fused-ring (bicyclic) bond motifs is 1. The van der Waals surface area contributed by atoms with Crippen LogP contribution in [0.5, 0.6) is 17.2 Å². The molecule has 1 atom stereocenters. The van der Waals surface area contributed by atoms with Gasteiger partial charge in [0.25, 0.3) is 0 Å². The lowest BCUT2D eigenvalue weighted by Gasteiger charge is -2.42. The van der Waals surface area contributed by atoms with Gasteiger partial charge in [-0.25, -0.2) is 4.39 Å². The highest BCUT2D eigenvalue weighted by atomic mass is 32.2. The summed E-state index contributed by atoms with van der Waals surface area (Å²) in [5.74, 6) is 1.12. The first-order valence-electron chi connectivity index (χ1n) is 9.88. The molecule has 2 aliphatic heterocycles. The summed E-state index contributed by atoms with van der Waals surface area (Å²) < 4.78 is 29.6. The van der Waals surface area contributed by atoms with Crippen molar-refractivity contribution in [2.45, 2.75) is 12.3 Å². The van der Waals surface area contributed by atoms with Crippen molar-refractivity contribution in [2.75, 3.05) is 38.8 Å². The number of nitrogens with zero attached hydrogens (tertiary/aromatic N) is 3. The number of halogens is 1. The third-order valence-electron chi connectivity index (χ3n) is 5.57. The number of carbonyl (C=O) groups is 1. The van der Waals surface area contributed by atoms with Gasteiger partial charge in [0.1, 0.15) is 5.82 Å². The molecule has 166 valence electrons. The normalized spacial score (nSPS) is 18.2. The van der Waals surface area contributed by atoms with Gasteiger partial charge in [-0.15, -0.1) is 0 Å². The van der Waals surface area contributed by atoms with E-state index in [0.717, 1.165) is 11.3 Å². The quantitative estimate of drug-likeness (QED) is 0.673. The van der Waals surface area contributed by atoms with Crippen LogP contribution in [-0.4, -0.2) is 44.7 Å². The van der Waals surface area contributed by atoms with Gasteiger partial charge in [0.15, 0.2) is 11.5 Å². The molecule has 0 saturated carbocycles. The van der Waals surface area contributed by atoms with Crippen LogP contribution in [0.4, 0.5) is 10.1 Å². The molecule has 1 amide bonds. The molecule has 0 spiro atoms. The van der Waals surface area contributed by atoms with Gasteiger partial charge < -0.3 is 19.1 Å². The molecule has 4 rings (SSSR count). The van der Waals surface area contributed by atoms with E-state index < -0.39 is 5.92 Å². The Morgan fingerprint density at radius 3 is 2.31 bits per heavy atom. The number of amides is 1. The molecule has 0 N–H and O–H groups in total. The van der Waals surface area contributed by atoms with Gasteiger partial charge in [-0.1, -0.05) is 11.8 Å². The zero-order valence-corrected chi connectivity index (χ0v) is 18.7. The van der Waals surface area contributed by atoms with E-state index in [1.54, 1.807) is 29.2 Å². The van der Waals surface area contributed by atoms with Crippen LogP contribution in [0, 0.1) is 17.1 Å². The number of nitriles is 1. The largest absolute Gasteiger partial charge is 0.493 e. The number of hydrogen-bond acceptors (Lipinski definition) is 7. The number of methoxy groups -OCH3 is 3. The van der Waals surface area contributed by atoms with Gasteiger partial charge in [0, 0.05) is 18.0 Å². The van der Waals surface area contributed by atoms with E-state index in [1.165, 1.54) is 45.2 Å². The van der Waals surface area contributed by atoms with Crippen LogP contribution in [0.25, 0.3) is 0 Å². The summed E-state index contributed by atoms with van der Waals surface area (Å²) in [6, 6.07) is 12.0. The lowest BCUT2D eigenvalue weighted by Crippen LogP contribution is -2.47. The summed E-state index contributed by atoms with van der Waals surface area (Å²) in [5, 5.41) is 10.7. The molecule has 9 heteroatoms. The van der Waals surface area contributed by atoms with Gasteiger partial charge in [0.2, 0.25) is 11.7 Å². The lowest BCUT2D eigenvalue weighted by atomic mass is 9.86. The maximum absolute atomic E-state index is 13.3. The molecule has 7 nitrogen and oxygen atoms in total. The molecule has 2 aliphatic rings. The summed E-state index contributed by atoms with van der Waals surface area (Å²) in [6.45, 7) is 0.306. The van der Waals surface area contributed by atoms with E-state index >= 15 is 0 Å². The van der Waals surface area contributed by atoms with Crippen LogP contribution in [0.15, 0.2) is 47.0 Å². The van der Waals surface area contributed by atoms with E-state index in [0.29, 0.717) is 40.4 Å². The van der Waals surface area contributed by atoms with Crippen LogP contribution in [-0.2, 0) is 4.79 Å². The standard InChI is InChI=1S/C23H22FN3O4S/c1-29-19-8-14(9-20(30-2)22(19)31-3)17-10-21(28)27-12-26(13-32-23(27)18(17)11-25)16-6-4-15(24)5-7-16/h4-9,17H,10,12-13H2,1-3H3/t17-/m1/s1. The summed E-state index contributed by atoms with van der Waals surface area (Å²) in [4.78, 5) is 16.7. The molecule has 2 aromatic carbocycles. The van der Waals surface area contributed by atoms with Crippen LogP contribution in [0.1, 0.15) is 17.9 Å². The molecule has 0 radical (unpaired) electrons. The topological polar surface area (TPSA) is 75.0 Å². The molecular formula is C23H22FN3O4S. The molecule has 1 fully saturated rings. The van der Waals surface area contributed by atoms with Crippen molar-refractivity contribution in [3.8, 4) is 23.3 Å². The first kappa shape index (κ1) is 21.8. The molecule has 2 heterocycles. The highest BCUT2D eigenvalue weighted by molar-refractivity contribution is 8.03. The van der Waals surface area contributed by atoms with Gasteiger partial charge >= 0.3 is 0 Å². The Bertz CT molecular complexity index is 1090. The fourth-order valence-electron chi connectivity index (χ4n) is 3.96. The molecule has 32 heavy (non-hydrogen) atoms. The second kappa shape index (κ2) is 9.01. The minimum atomic E-state index is -0.419. The third kappa shape index (κ3) is 3.82. The highest BCUT2D eigenvalue weighted by Gasteiger charge is 2.39. The Hall–Kier alpha value is -3.38. The first-order chi connectivity index (χ1) is 15.5. The smallest absolute Gasteiger partial charge is 0.229 e. The predicted molar refractivity (Wildman–Crippen MR) is 119 cm³/mol. The number of thioether (sulfide) groups is 1. The van der Waals surface area contributed by atoms with E-state index in [1.807, 2.05) is 4.90 Å². The summed E-state index contributed by atoms with van der Waals surface area (Å²) in [7, 11) is 4.58. The van der Waals surface area contributed by atoms with Crippen molar-refractivity contribution in [3.63, 3.8) is 0 Å². The van der Waals surface area contributed by atoms with Crippen LogP contribution in [0.3, 0.4) is 0 Å². The first-order valence-corrected chi connectivity index (χ1v) is 10.9. The van der Waals surface area contributed by atoms with E-state index in [2.05, 4.69) is 6.07 Å². The summed E-state index contributed by atoms with van der Waals surface area (Å²) in [6.07, 6.45) is 0.142. The number of rotatable bonds is 5. The van der Waals surface area contributed by atoms with Crippen LogP contribution in [0.2, 0.25) is 0 Å². The van der Waals surface area contributed by atoms with Crippen molar-refractivity contribution >= 4 is 23.4 Å². The maximum atomic E-state index is 13.3. The van der Waals surface area contributed by atoms with Crippen molar-refractivity contribution in [1.82, 2.24) is 4.90 Å². The van der Waals surface area contributed by atoms with Gasteiger partial charge in [-0.2, -0.15) is 5.26 Å². The fourth-order valence-corrected chi connectivity index (χ4v) is 5.13. The van der Waals surface area contributed by atoms with Crippen molar-refractivity contribution in [2.24, 2.45) is 0 Å². The predicted octanol–water partition coefficient (Wildman–Crippen LogP) is 4.07. The van der Waals surface area contributed by atoms with E-state index in [4.69, 9.17) is 14.2 Å². The second-order valence-corrected chi connectivity index (χ2v) is 8.23. The van der Waals surface area contributed by atoms with Gasteiger partial charge in [-0.05, 0) is 42.0 Å². The monoisotopic (exact) mass is 455 g/mol. The molecular weight excluding hydrogens is 433 g/mol. The highest BCUT2D eigenvalue weighted by Crippen LogP contribution is 2.47. The Kier molecular flexibility index (Phi) is 6.15. The van der Waals surface area contributed by atoms with Crippen LogP contribution < -0.4 is 19.1 Å². The Labute approximate surface area is 190 Å². The number of anilines is 1. The van der Waals surface area contributed by atoms with Crippen molar-refractivity contribution in [3.05, 3.63) is 58.4 Å². The molecule has 0 unspecified atom stereocenters. The molecule has 2 aromatic rings. The fraction of sp³-hybridized carbons (Fsp3) is 0.304.